The smallest absolute Gasteiger partial charge is 0.241 e. The van der Waals surface area contributed by atoms with Crippen molar-refractivity contribution in [3.8, 4) is 5.75 Å². The third-order valence-electron chi connectivity index (χ3n) is 5.50. The Labute approximate surface area is 218 Å². The zero-order chi connectivity index (χ0) is 26.6. The molecule has 0 fully saturated rings. The van der Waals surface area contributed by atoms with E-state index in [0.29, 0.717) is 27.5 Å². The van der Waals surface area contributed by atoms with Crippen LogP contribution in [0.2, 0.25) is 0 Å². The molecule has 1 atom stereocenters. The van der Waals surface area contributed by atoms with Crippen LogP contribution in [0.5, 0.6) is 5.75 Å². The first-order valence-corrected chi connectivity index (χ1v) is 13.5. The van der Waals surface area contributed by atoms with Gasteiger partial charge in [0.1, 0.15) is 16.6 Å². The fraction of sp³-hybridized carbons (Fsp3) is 0.160. The molecule has 1 amide bonds. The third-order valence-corrected chi connectivity index (χ3v) is 8.10. The second-order valence-corrected chi connectivity index (χ2v) is 10.9. The summed E-state index contributed by atoms with van der Waals surface area (Å²) in [5, 5.41) is 10.9. The van der Waals surface area contributed by atoms with Crippen molar-refractivity contribution in [1.82, 2.24) is 9.71 Å². The maximum absolute atomic E-state index is 13.5. The Morgan fingerprint density at radius 3 is 2.65 bits per heavy atom. The van der Waals surface area contributed by atoms with Gasteiger partial charge in [-0.05, 0) is 54.4 Å². The van der Waals surface area contributed by atoms with Crippen LogP contribution < -0.4 is 26.2 Å². The number of carbonyl (C=O) groups excluding carboxylic acids is 1. The molecule has 3 aromatic carbocycles. The molecule has 0 bridgehead atoms. The van der Waals surface area contributed by atoms with Gasteiger partial charge in [0.25, 0.3) is 0 Å². The maximum Gasteiger partial charge on any atom is 0.241 e. The number of nitrogens with one attached hydrogen (secondary N) is 3. The minimum Gasteiger partial charge on any atom is -0.497 e. The van der Waals surface area contributed by atoms with E-state index in [9.17, 15) is 13.2 Å². The lowest BCUT2D eigenvalue weighted by molar-refractivity contribution is -0.114. The molecule has 0 aliphatic rings. The normalized spacial score (nSPS) is 12.3. The number of nitrogens with zero attached hydrogens (tertiary/aromatic N) is 1. The summed E-state index contributed by atoms with van der Waals surface area (Å²) < 4.78 is 35.8. The van der Waals surface area contributed by atoms with E-state index in [4.69, 9.17) is 21.6 Å². The first-order valence-electron chi connectivity index (χ1n) is 11.2. The Morgan fingerprint density at radius 2 is 1.92 bits per heavy atom. The van der Waals surface area contributed by atoms with E-state index in [0.717, 1.165) is 10.3 Å². The predicted octanol–water partition coefficient (Wildman–Crippen LogP) is 2.75. The van der Waals surface area contributed by atoms with E-state index in [1.807, 2.05) is 18.2 Å². The van der Waals surface area contributed by atoms with Gasteiger partial charge in [0, 0.05) is 11.3 Å². The van der Waals surface area contributed by atoms with E-state index < -0.39 is 22.0 Å². The molecule has 4 rings (SSSR count). The highest BCUT2D eigenvalue weighted by Crippen LogP contribution is 2.32. The highest BCUT2D eigenvalue weighted by atomic mass is 32.2. The molecule has 0 unspecified atom stereocenters. The van der Waals surface area contributed by atoms with Crippen LogP contribution >= 0.6 is 11.3 Å². The van der Waals surface area contributed by atoms with E-state index in [2.05, 4.69) is 15.0 Å². The number of anilines is 1. The standard InChI is InChI=1S/C25H26N6O4S2/c1-35-18-8-9-20-22(13-18)36-25(30-20)21(11-15-4-2-5-16(10-15)24(27)28)31-37(33,34)19-7-3-6-17(12-19)29-23(32)14-26/h2-10,12-13,21,31H,11,14,26H2,1H3,(H3,27,28)(H,29,32)/t21-/m0/s1. The molecule has 0 saturated heterocycles. The molecule has 4 aromatic rings. The van der Waals surface area contributed by atoms with Crippen LogP contribution in [0.15, 0.2) is 71.6 Å². The molecule has 0 spiro atoms. The zero-order valence-electron chi connectivity index (χ0n) is 19.9. The number of methoxy groups -OCH3 is 1. The van der Waals surface area contributed by atoms with Crippen LogP contribution in [0.3, 0.4) is 0 Å². The van der Waals surface area contributed by atoms with Gasteiger partial charge in [0.15, 0.2) is 0 Å². The second-order valence-electron chi connectivity index (χ2n) is 8.16. The minimum atomic E-state index is -4.03. The summed E-state index contributed by atoms with van der Waals surface area (Å²) >= 11 is 1.36. The average Bonchev–Trinajstić information content (AvgIpc) is 3.32. The van der Waals surface area contributed by atoms with Crippen molar-refractivity contribution >= 4 is 49.0 Å². The summed E-state index contributed by atoms with van der Waals surface area (Å²) in [4.78, 5) is 16.3. The number of hydrogen-bond acceptors (Lipinski definition) is 8. The highest BCUT2D eigenvalue weighted by Gasteiger charge is 2.25. The molecule has 1 heterocycles. The summed E-state index contributed by atoms with van der Waals surface area (Å²) in [6.45, 7) is -0.223. The van der Waals surface area contributed by atoms with Crippen LogP contribution in [-0.2, 0) is 21.2 Å². The van der Waals surface area contributed by atoms with Crippen molar-refractivity contribution in [3.63, 3.8) is 0 Å². The first kappa shape index (κ1) is 26.2. The molecule has 0 aliphatic carbocycles. The Kier molecular flexibility index (Phi) is 7.83. The van der Waals surface area contributed by atoms with Crippen molar-refractivity contribution in [2.24, 2.45) is 11.5 Å². The number of ether oxygens (including phenoxy) is 1. The topological polar surface area (TPSA) is 173 Å². The second kappa shape index (κ2) is 11.0. The quantitative estimate of drug-likeness (QED) is 0.152. The molecule has 0 radical (unpaired) electrons. The van der Waals surface area contributed by atoms with E-state index in [1.165, 1.54) is 29.5 Å². The first-order chi connectivity index (χ1) is 17.7. The minimum absolute atomic E-state index is 0.0208. The molecule has 7 N–H and O–H groups in total. The Balaban J connectivity index is 1.71. The number of sulfonamides is 1. The van der Waals surface area contributed by atoms with Gasteiger partial charge >= 0.3 is 0 Å². The van der Waals surface area contributed by atoms with Gasteiger partial charge in [-0.25, -0.2) is 18.1 Å². The number of fused-ring (bicyclic) bond motifs is 1. The molecule has 12 heteroatoms. The molecule has 1 aromatic heterocycles. The number of amidine groups is 1. The summed E-state index contributed by atoms with van der Waals surface area (Å²) in [6.07, 6.45) is 0.265. The Hall–Kier alpha value is -3.84. The number of amides is 1. The number of thiazole rings is 1. The van der Waals surface area contributed by atoms with E-state index in [-0.39, 0.29) is 23.7 Å². The highest BCUT2D eigenvalue weighted by molar-refractivity contribution is 7.89. The third kappa shape index (κ3) is 6.30. The number of rotatable bonds is 10. The van der Waals surface area contributed by atoms with Crippen LogP contribution in [0.25, 0.3) is 10.2 Å². The fourth-order valence-electron chi connectivity index (χ4n) is 3.69. The van der Waals surface area contributed by atoms with Crippen molar-refractivity contribution < 1.29 is 17.9 Å². The van der Waals surface area contributed by atoms with Gasteiger partial charge in [0.05, 0.1) is 34.8 Å². The number of carbonyl (C=O) groups is 1. The SMILES string of the molecule is COc1ccc2nc([C@H](Cc3cccc(C(=N)N)c3)NS(=O)(=O)c3cccc(NC(=O)CN)c3)sc2c1. The summed E-state index contributed by atoms with van der Waals surface area (Å²) in [6, 6.07) is 17.7. The molecule has 0 saturated carbocycles. The summed E-state index contributed by atoms with van der Waals surface area (Å²) in [5.74, 6) is 0.156. The lowest BCUT2D eigenvalue weighted by Gasteiger charge is -2.18. The van der Waals surface area contributed by atoms with Crippen molar-refractivity contribution in [1.29, 1.82) is 5.41 Å². The maximum atomic E-state index is 13.5. The molecular formula is C25H26N6O4S2. The predicted molar refractivity (Wildman–Crippen MR) is 145 cm³/mol. The lowest BCUT2D eigenvalue weighted by atomic mass is 10.0. The lowest BCUT2D eigenvalue weighted by Crippen LogP contribution is -2.30. The van der Waals surface area contributed by atoms with E-state index >= 15 is 0 Å². The van der Waals surface area contributed by atoms with Crippen molar-refractivity contribution in [2.75, 3.05) is 19.0 Å². The van der Waals surface area contributed by atoms with Crippen LogP contribution in [0, 0.1) is 5.41 Å². The van der Waals surface area contributed by atoms with Crippen LogP contribution in [-0.4, -0.2) is 38.8 Å². The molecule has 37 heavy (non-hydrogen) atoms. The number of aromatic nitrogens is 1. The monoisotopic (exact) mass is 538 g/mol. The van der Waals surface area contributed by atoms with Gasteiger partial charge < -0.3 is 21.5 Å². The van der Waals surface area contributed by atoms with E-state index in [1.54, 1.807) is 37.4 Å². The Morgan fingerprint density at radius 1 is 1.14 bits per heavy atom. The number of nitrogen functional groups attached to an aromatic ring is 1. The average molecular weight is 539 g/mol. The number of nitrogens with two attached hydrogens (primary N) is 2. The largest absolute Gasteiger partial charge is 0.497 e. The van der Waals surface area contributed by atoms with Gasteiger partial charge in [-0.2, -0.15) is 0 Å². The van der Waals surface area contributed by atoms with Crippen molar-refractivity contribution in [2.45, 2.75) is 17.4 Å². The molecular weight excluding hydrogens is 512 g/mol. The fourth-order valence-corrected chi connectivity index (χ4v) is 6.06. The van der Waals surface area contributed by atoms with Crippen LogP contribution in [0.1, 0.15) is 22.2 Å². The molecule has 192 valence electrons. The molecule has 0 aliphatic heterocycles. The summed E-state index contributed by atoms with van der Waals surface area (Å²) in [7, 11) is -2.45. The Bertz CT molecular complexity index is 1570. The van der Waals surface area contributed by atoms with Gasteiger partial charge in [-0.15, -0.1) is 11.3 Å². The molecule has 10 nitrogen and oxygen atoms in total. The van der Waals surface area contributed by atoms with Gasteiger partial charge in [-0.1, -0.05) is 24.3 Å². The van der Waals surface area contributed by atoms with Gasteiger partial charge in [0.2, 0.25) is 15.9 Å². The van der Waals surface area contributed by atoms with Crippen LogP contribution in [0.4, 0.5) is 5.69 Å². The summed E-state index contributed by atoms with van der Waals surface area (Å²) in [5.41, 5.74) is 13.4. The number of benzene rings is 3. The zero-order valence-corrected chi connectivity index (χ0v) is 21.5. The van der Waals surface area contributed by atoms with Crippen molar-refractivity contribution in [3.05, 3.63) is 82.9 Å². The number of hydrogen-bond donors (Lipinski definition) is 5. The van der Waals surface area contributed by atoms with Gasteiger partial charge in [-0.3, -0.25) is 10.2 Å².